The van der Waals surface area contributed by atoms with Gasteiger partial charge >= 0.3 is 12.1 Å². The number of aliphatic carboxylic acids is 1. The molecule has 0 bridgehead atoms. The minimum absolute atomic E-state index is 0.0102. The Morgan fingerprint density at radius 3 is 2.30 bits per heavy atom. The van der Waals surface area contributed by atoms with Gasteiger partial charge in [-0.3, -0.25) is 9.59 Å². The van der Waals surface area contributed by atoms with E-state index in [9.17, 15) is 22.8 Å². The van der Waals surface area contributed by atoms with Gasteiger partial charge in [-0.2, -0.15) is 13.2 Å². The number of aromatic nitrogens is 2. The summed E-state index contributed by atoms with van der Waals surface area (Å²) in [4.78, 5) is 24.5. The number of carbonyl (C=O) groups excluding carboxylic acids is 1. The van der Waals surface area contributed by atoms with Crippen LogP contribution in [0.2, 0.25) is 0 Å². The van der Waals surface area contributed by atoms with Gasteiger partial charge in [0, 0.05) is 18.8 Å². The quantitative estimate of drug-likeness (QED) is 0.846. The van der Waals surface area contributed by atoms with E-state index in [-0.39, 0.29) is 18.1 Å². The third-order valence-corrected chi connectivity index (χ3v) is 4.30. The summed E-state index contributed by atoms with van der Waals surface area (Å²) in [5, 5.41) is 19.2. The number of hydrogen-bond donors (Lipinski definition) is 2. The summed E-state index contributed by atoms with van der Waals surface area (Å²) in [6.45, 7) is -0.853. The van der Waals surface area contributed by atoms with Gasteiger partial charge in [-0.05, 0) is 24.3 Å². The Hall–Kier alpha value is -3.17. The highest BCUT2D eigenvalue weighted by Gasteiger charge is 2.52. The normalized spacial score (nSPS) is 19.7. The molecule has 0 spiro atoms. The zero-order valence-corrected chi connectivity index (χ0v) is 13.8. The van der Waals surface area contributed by atoms with E-state index in [0.717, 1.165) is 0 Å². The van der Waals surface area contributed by atoms with Crippen molar-refractivity contribution in [1.82, 2.24) is 10.2 Å². The Bertz CT molecular complexity index is 828. The molecule has 0 radical (unpaired) electrons. The van der Waals surface area contributed by atoms with E-state index in [2.05, 4.69) is 15.5 Å². The maximum atomic E-state index is 13.1. The summed E-state index contributed by atoms with van der Waals surface area (Å²) in [5.74, 6) is -5.50. The Morgan fingerprint density at radius 1 is 1.07 bits per heavy atom. The van der Waals surface area contributed by atoms with Crippen LogP contribution in [0.5, 0.6) is 0 Å². The van der Waals surface area contributed by atoms with Gasteiger partial charge in [-0.1, -0.05) is 18.2 Å². The number of halogens is 3. The van der Waals surface area contributed by atoms with Gasteiger partial charge in [-0.15, -0.1) is 10.2 Å². The molecular formula is C17H15F3N4O3. The van der Waals surface area contributed by atoms with Crippen LogP contribution in [0.25, 0.3) is 0 Å². The van der Waals surface area contributed by atoms with E-state index in [0.29, 0.717) is 5.69 Å². The molecule has 1 aromatic heterocycles. The van der Waals surface area contributed by atoms with Crippen molar-refractivity contribution in [2.45, 2.75) is 6.18 Å². The van der Waals surface area contributed by atoms with Gasteiger partial charge in [0.2, 0.25) is 0 Å². The standard InChI is InChI=1S/C17H15F3N4O3/c18-17(19,20)12-9-24(8-11(12)16(26)27)14-7-6-13(22-23-14)15(25)21-10-4-2-1-3-5-10/h1-7,11-12H,8-9H2,(H,21,25)(H,26,27)/t11-,12-/m1/s1. The van der Waals surface area contributed by atoms with E-state index in [1.165, 1.54) is 17.0 Å². The Labute approximate surface area is 151 Å². The highest BCUT2D eigenvalue weighted by Crippen LogP contribution is 2.38. The summed E-state index contributed by atoms with van der Waals surface area (Å²) in [6, 6.07) is 11.3. The number of nitrogens with zero attached hydrogens (tertiary/aromatic N) is 3. The van der Waals surface area contributed by atoms with Crippen LogP contribution in [0.4, 0.5) is 24.7 Å². The molecule has 2 N–H and O–H groups in total. The van der Waals surface area contributed by atoms with Gasteiger partial charge in [-0.25, -0.2) is 0 Å². The molecule has 1 saturated heterocycles. The third kappa shape index (κ3) is 4.15. The lowest BCUT2D eigenvalue weighted by molar-refractivity contribution is -0.187. The lowest BCUT2D eigenvalue weighted by Crippen LogP contribution is -2.33. The number of amides is 1. The SMILES string of the molecule is O=C(Nc1ccccc1)c1ccc(N2C[C@@H](C(F)(F)F)[C@H](C(=O)O)C2)nn1. The predicted octanol–water partition coefficient (Wildman–Crippen LogP) is 2.43. The second-order valence-electron chi connectivity index (χ2n) is 6.09. The summed E-state index contributed by atoms with van der Waals surface area (Å²) in [5.41, 5.74) is 0.550. The number of nitrogens with one attached hydrogen (secondary N) is 1. The molecular weight excluding hydrogens is 365 g/mol. The number of anilines is 2. The molecule has 0 aliphatic carbocycles. The molecule has 2 aromatic rings. The molecule has 1 fully saturated rings. The van der Waals surface area contributed by atoms with Crippen LogP contribution in [-0.2, 0) is 4.79 Å². The Balaban J connectivity index is 1.72. The van der Waals surface area contributed by atoms with Crippen molar-refractivity contribution in [1.29, 1.82) is 0 Å². The Kier molecular flexibility index (Phi) is 4.98. The van der Waals surface area contributed by atoms with E-state index in [4.69, 9.17) is 5.11 Å². The van der Waals surface area contributed by atoms with Crippen molar-refractivity contribution in [2.75, 3.05) is 23.3 Å². The highest BCUT2D eigenvalue weighted by atomic mass is 19.4. The number of alkyl halides is 3. The maximum Gasteiger partial charge on any atom is 0.394 e. The van der Waals surface area contributed by atoms with Crippen LogP contribution in [0, 0.1) is 11.8 Å². The molecule has 142 valence electrons. The molecule has 1 aromatic carbocycles. The average molecular weight is 380 g/mol. The van der Waals surface area contributed by atoms with Crippen LogP contribution < -0.4 is 10.2 Å². The smallest absolute Gasteiger partial charge is 0.394 e. The Morgan fingerprint density at radius 2 is 1.78 bits per heavy atom. The maximum absolute atomic E-state index is 13.1. The molecule has 27 heavy (non-hydrogen) atoms. The molecule has 2 heterocycles. The van der Waals surface area contributed by atoms with Crippen molar-refractivity contribution >= 4 is 23.4 Å². The first-order valence-corrected chi connectivity index (χ1v) is 8.00. The first-order valence-electron chi connectivity index (χ1n) is 8.00. The fourth-order valence-corrected chi connectivity index (χ4v) is 2.90. The minimum atomic E-state index is -4.62. The number of carboxylic acids is 1. The number of benzene rings is 1. The van der Waals surface area contributed by atoms with Crippen LogP contribution in [0.1, 0.15) is 10.5 Å². The zero-order valence-electron chi connectivity index (χ0n) is 13.8. The van der Waals surface area contributed by atoms with Crippen molar-refractivity contribution in [3.63, 3.8) is 0 Å². The van der Waals surface area contributed by atoms with Crippen molar-refractivity contribution in [3.05, 3.63) is 48.2 Å². The van der Waals surface area contributed by atoms with Gasteiger partial charge in [0.05, 0.1) is 11.8 Å². The lowest BCUT2D eigenvalue weighted by Gasteiger charge is -2.18. The summed E-state index contributed by atoms with van der Waals surface area (Å²) in [6.07, 6.45) is -4.62. The van der Waals surface area contributed by atoms with E-state index in [1.807, 2.05) is 0 Å². The second-order valence-corrected chi connectivity index (χ2v) is 6.09. The highest BCUT2D eigenvalue weighted by molar-refractivity contribution is 6.02. The van der Waals surface area contributed by atoms with E-state index in [1.54, 1.807) is 30.3 Å². The third-order valence-electron chi connectivity index (χ3n) is 4.30. The molecule has 2 atom stereocenters. The molecule has 0 unspecified atom stereocenters. The van der Waals surface area contributed by atoms with Crippen molar-refractivity contribution in [2.24, 2.45) is 11.8 Å². The molecule has 1 aliphatic rings. The number of rotatable bonds is 4. The summed E-state index contributed by atoms with van der Waals surface area (Å²) < 4.78 is 39.2. The van der Waals surface area contributed by atoms with Crippen LogP contribution >= 0.6 is 0 Å². The summed E-state index contributed by atoms with van der Waals surface area (Å²) in [7, 11) is 0. The zero-order chi connectivity index (χ0) is 19.6. The monoisotopic (exact) mass is 380 g/mol. The molecule has 3 rings (SSSR count). The van der Waals surface area contributed by atoms with Crippen molar-refractivity contribution in [3.8, 4) is 0 Å². The van der Waals surface area contributed by atoms with Crippen molar-refractivity contribution < 1.29 is 27.9 Å². The first kappa shape index (κ1) is 18.6. The van der Waals surface area contributed by atoms with Crippen LogP contribution in [0.15, 0.2) is 42.5 Å². The van der Waals surface area contributed by atoms with E-state index >= 15 is 0 Å². The number of para-hydroxylation sites is 1. The van der Waals surface area contributed by atoms with Crippen LogP contribution in [0.3, 0.4) is 0 Å². The number of hydrogen-bond acceptors (Lipinski definition) is 5. The molecule has 0 saturated carbocycles. The van der Waals surface area contributed by atoms with Gasteiger partial charge in [0.1, 0.15) is 0 Å². The van der Waals surface area contributed by atoms with Crippen LogP contribution in [-0.4, -0.2) is 46.4 Å². The fourth-order valence-electron chi connectivity index (χ4n) is 2.90. The van der Waals surface area contributed by atoms with Gasteiger partial charge < -0.3 is 15.3 Å². The topological polar surface area (TPSA) is 95.4 Å². The number of carboxylic acid groups (broad SMARTS) is 1. The van der Waals surface area contributed by atoms with Gasteiger partial charge in [0.15, 0.2) is 11.5 Å². The number of carbonyl (C=O) groups is 2. The molecule has 10 heteroatoms. The minimum Gasteiger partial charge on any atom is -0.481 e. The molecule has 1 amide bonds. The van der Waals surface area contributed by atoms with E-state index < -0.39 is 36.4 Å². The molecule has 7 nitrogen and oxygen atoms in total. The second kappa shape index (κ2) is 7.22. The molecule has 1 aliphatic heterocycles. The first-order chi connectivity index (χ1) is 12.8. The fraction of sp³-hybridized carbons (Fsp3) is 0.294. The lowest BCUT2D eigenvalue weighted by atomic mass is 9.96. The van der Waals surface area contributed by atoms with Gasteiger partial charge in [0.25, 0.3) is 5.91 Å². The average Bonchev–Trinajstić information content (AvgIpc) is 3.09. The predicted molar refractivity (Wildman–Crippen MR) is 89.3 cm³/mol. The summed E-state index contributed by atoms with van der Waals surface area (Å²) >= 11 is 0. The largest absolute Gasteiger partial charge is 0.481 e.